The summed E-state index contributed by atoms with van der Waals surface area (Å²) in [5, 5.41) is 0. The number of aryl methyl sites for hydroxylation is 1. The van der Waals surface area contributed by atoms with Crippen LogP contribution in [0.25, 0.3) is 0 Å². The van der Waals surface area contributed by atoms with Gasteiger partial charge in [0, 0.05) is 30.1 Å². The monoisotopic (exact) mass is 557 g/mol. The number of halogens is 5. The van der Waals surface area contributed by atoms with E-state index in [4.69, 9.17) is 4.74 Å². The molecule has 0 unspecified atom stereocenters. The van der Waals surface area contributed by atoms with Gasteiger partial charge in [-0.25, -0.2) is 0 Å². The minimum absolute atomic E-state index is 0.117. The molecule has 8 heteroatoms. The molecule has 1 aliphatic heterocycles. The van der Waals surface area contributed by atoms with E-state index in [1.165, 1.54) is 41.3 Å². The van der Waals surface area contributed by atoms with Gasteiger partial charge in [-0.2, -0.15) is 33.7 Å². The van der Waals surface area contributed by atoms with Crippen LogP contribution in [0.15, 0.2) is 42.7 Å². The van der Waals surface area contributed by atoms with Gasteiger partial charge in [-0.1, -0.05) is 63.6 Å². The van der Waals surface area contributed by atoms with E-state index < -0.39 is 18.5 Å². The third-order valence-corrected chi connectivity index (χ3v) is 8.79. The van der Waals surface area contributed by atoms with Gasteiger partial charge >= 0.3 is 12.1 Å². The number of hydrogen-bond acceptors (Lipinski definition) is 3. The van der Waals surface area contributed by atoms with Gasteiger partial charge in [0.15, 0.2) is 0 Å². The summed E-state index contributed by atoms with van der Waals surface area (Å²) in [6, 6.07) is 10.7. The van der Waals surface area contributed by atoms with Crippen molar-refractivity contribution in [2.75, 3.05) is 18.1 Å². The van der Waals surface area contributed by atoms with Gasteiger partial charge < -0.3 is 4.74 Å². The number of nitrogens with zero attached hydrogens (tertiary/aromatic N) is 1. The molecule has 1 aliphatic rings. The van der Waals surface area contributed by atoms with Crippen LogP contribution in [-0.4, -0.2) is 35.2 Å². The molecular formula is C30H40F5NOS. The van der Waals surface area contributed by atoms with Crippen LogP contribution >= 0.6 is 11.8 Å². The van der Waals surface area contributed by atoms with Gasteiger partial charge in [0.1, 0.15) is 5.75 Å². The van der Waals surface area contributed by atoms with Gasteiger partial charge in [0.05, 0.1) is 6.61 Å². The first-order valence-electron chi connectivity index (χ1n) is 13.7. The minimum Gasteiger partial charge on any atom is -0.492 e. The topological polar surface area (TPSA) is 22.1 Å². The van der Waals surface area contributed by atoms with Crippen LogP contribution in [0, 0.1) is 6.92 Å². The van der Waals surface area contributed by atoms with E-state index in [2.05, 4.69) is 43.1 Å². The van der Waals surface area contributed by atoms with E-state index >= 15 is 0 Å². The van der Waals surface area contributed by atoms with Crippen molar-refractivity contribution in [3.63, 3.8) is 0 Å². The van der Waals surface area contributed by atoms with Crippen LogP contribution in [0.5, 0.6) is 5.75 Å². The number of rotatable bonds is 15. The molecule has 2 heterocycles. The van der Waals surface area contributed by atoms with E-state index in [0.29, 0.717) is 18.3 Å². The Morgan fingerprint density at radius 1 is 0.947 bits per heavy atom. The number of thioether (sulfide) groups is 1. The summed E-state index contributed by atoms with van der Waals surface area (Å²) in [5.74, 6) is -2.04. The zero-order chi connectivity index (χ0) is 27.7. The van der Waals surface area contributed by atoms with Crippen LogP contribution in [0.4, 0.5) is 22.0 Å². The number of alkyl halides is 5. The third-order valence-electron chi connectivity index (χ3n) is 7.64. The van der Waals surface area contributed by atoms with Crippen LogP contribution in [0.2, 0.25) is 0 Å². The third kappa shape index (κ3) is 8.33. The Morgan fingerprint density at radius 2 is 1.63 bits per heavy atom. The number of aromatic nitrogens is 1. The lowest BCUT2D eigenvalue weighted by molar-refractivity contribution is -0.284. The quantitative estimate of drug-likeness (QED) is 0.161. The minimum atomic E-state index is -5.44. The lowest BCUT2D eigenvalue weighted by Gasteiger charge is -2.43. The largest absolute Gasteiger partial charge is 0.492 e. The summed E-state index contributed by atoms with van der Waals surface area (Å²) in [7, 11) is 0. The summed E-state index contributed by atoms with van der Waals surface area (Å²) in [6.07, 6.45) is 6.00. The summed E-state index contributed by atoms with van der Waals surface area (Å²) in [5.41, 5.74) is 3.57. The van der Waals surface area contributed by atoms with E-state index in [0.717, 1.165) is 50.0 Å². The smallest absolute Gasteiger partial charge is 0.453 e. The Bertz CT molecular complexity index is 984. The van der Waals surface area contributed by atoms with Crippen molar-refractivity contribution in [2.45, 2.75) is 101 Å². The first-order valence-corrected chi connectivity index (χ1v) is 14.9. The van der Waals surface area contributed by atoms with Gasteiger partial charge in [0.2, 0.25) is 0 Å². The first kappa shape index (κ1) is 30.7. The van der Waals surface area contributed by atoms with Gasteiger partial charge in [-0.3, -0.25) is 4.98 Å². The molecule has 3 rings (SSSR count). The van der Waals surface area contributed by atoms with E-state index in [1.54, 1.807) is 6.20 Å². The summed E-state index contributed by atoms with van der Waals surface area (Å²) in [6.45, 7) is 5.02. The number of fused-ring (bicyclic) bond motifs is 1. The fourth-order valence-electron chi connectivity index (χ4n) is 5.26. The molecule has 0 radical (unpaired) electrons. The highest BCUT2D eigenvalue weighted by Gasteiger charge is 2.56. The van der Waals surface area contributed by atoms with Crippen LogP contribution in [0.1, 0.15) is 93.7 Å². The average molecular weight is 558 g/mol. The van der Waals surface area contributed by atoms with Crippen molar-refractivity contribution < 1.29 is 26.7 Å². The van der Waals surface area contributed by atoms with Crippen LogP contribution in [-0.2, 0) is 5.41 Å². The molecule has 0 saturated carbocycles. The summed E-state index contributed by atoms with van der Waals surface area (Å²) >= 11 is 1.47. The molecule has 0 spiro atoms. The van der Waals surface area contributed by atoms with Crippen LogP contribution in [0.3, 0.4) is 0 Å². The second-order valence-corrected chi connectivity index (χ2v) is 11.9. The van der Waals surface area contributed by atoms with Crippen LogP contribution < -0.4 is 4.74 Å². The van der Waals surface area contributed by atoms with Crippen molar-refractivity contribution in [1.29, 1.82) is 0 Å². The van der Waals surface area contributed by atoms with Gasteiger partial charge in [-0.05, 0) is 66.5 Å². The molecule has 1 aromatic heterocycles. The zero-order valence-corrected chi connectivity index (χ0v) is 23.3. The molecule has 2 atom stereocenters. The predicted molar refractivity (Wildman–Crippen MR) is 146 cm³/mol. The first-order chi connectivity index (χ1) is 18.0. The molecule has 0 saturated heterocycles. The maximum atomic E-state index is 12.9. The number of benzene rings is 1. The van der Waals surface area contributed by atoms with Gasteiger partial charge in [-0.15, -0.1) is 0 Å². The molecule has 38 heavy (non-hydrogen) atoms. The molecule has 212 valence electrons. The van der Waals surface area contributed by atoms with Crippen molar-refractivity contribution in [1.82, 2.24) is 4.98 Å². The molecular weight excluding hydrogens is 517 g/mol. The van der Waals surface area contributed by atoms with Crippen molar-refractivity contribution in [3.05, 3.63) is 59.4 Å². The number of pyridine rings is 1. The Balaban J connectivity index is 1.33. The number of ether oxygens (including phenoxy) is 1. The molecule has 0 N–H and O–H groups in total. The van der Waals surface area contributed by atoms with E-state index in [-0.39, 0.29) is 11.8 Å². The molecule has 2 nitrogen and oxygen atoms in total. The molecule has 0 fully saturated rings. The Kier molecular flexibility index (Phi) is 11.3. The highest BCUT2D eigenvalue weighted by molar-refractivity contribution is 7.99. The fraction of sp³-hybridized carbons (Fsp3) is 0.633. The molecule has 0 aliphatic carbocycles. The van der Waals surface area contributed by atoms with Crippen molar-refractivity contribution >= 4 is 11.8 Å². The highest BCUT2D eigenvalue weighted by atomic mass is 32.2. The maximum Gasteiger partial charge on any atom is 0.453 e. The fourth-order valence-corrected chi connectivity index (χ4v) is 6.22. The van der Waals surface area contributed by atoms with E-state index in [1.807, 2.05) is 12.3 Å². The standard InChI is InChI=1S/C30H40F5NOS/c1-23-14-15-25-26(28(2,22-37-27(25)20-23)24-12-10-17-36-21-24)13-8-6-4-3-5-7-9-18-38-19-11-16-29(31,32)30(33,34)35/h10,12,14-15,17,20-21,26H,3-9,11,13,16,18-19,22H2,1-2H3/t26-,28-/m1/s1. The Labute approximate surface area is 228 Å². The Morgan fingerprint density at radius 3 is 2.32 bits per heavy atom. The second-order valence-electron chi connectivity index (χ2n) is 10.7. The second kappa shape index (κ2) is 14.0. The summed E-state index contributed by atoms with van der Waals surface area (Å²) < 4.78 is 68.5. The molecule has 0 bridgehead atoms. The SMILES string of the molecule is Cc1ccc2c(c1)OC[C@](C)(c1cccnc1)[C@@H]2CCCCCCCCCSCCCC(F)(F)C(F)(F)F. The lowest BCUT2D eigenvalue weighted by atomic mass is 9.66. The van der Waals surface area contributed by atoms with Gasteiger partial charge in [0.25, 0.3) is 0 Å². The normalized spacial score (nSPS) is 19.7. The molecule has 1 aromatic carbocycles. The highest BCUT2D eigenvalue weighted by Crippen LogP contribution is 2.49. The van der Waals surface area contributed by atoms with E-state index in [9.17, 15) is 22.0 Å². The summed E-state index contributed by atoms with van der Waals surface area (Å²) in [4.78, 5) is 4.37. The van der Waals surface area contributed by atoms with Crippen molar-refractivity contribution in [3.8, 4) is 5.75 Å². The lowest BCUT2D eigenvalue weighted by Crippen LogP contribution is -2.40. The predicted octanol–water partition coefficient (Wildman–Crippen LogP) is 9.66. The number of hydrogen-bond donors (Lipinski definition) is 0. The number of unbranched alkanes of at least 4 members (excludes halogenated alkanes) is 6. The zero-order valence-electron chi connectivity index (χ0n) is 22.5. The van der Waals surface area contributed by atoms with Crippen molar-refractivity contribution in [2.24, 2.45) is 0 Å². The molecule has 0 amide bonds. The molecule has 2 aromatic rings. The Hall–Kier alpha value is -1.83. The average Bonchev–Trinajstić information content (AvgIpc) is 2.87. The maximum absolute atomic E-state index is 12.9.